The average molecular weight is 145 g/mol. The summed E-state index contributed by atoms with van der Waals surface area (Å²) in [6, 6.07) is 0. The minimum Gasteiger partial charge on any atom is -0.392 e. The van der Waals surface area contributed by atoms with E-state index in [1.807, 2.05) is 0 Å². The van der Waals surface area contributed by atoms with Gasteiger partial charge in [-0.1, -0.05) is 0 Å². The van der Waals surface area contributed by atoms with Crippen LogP contribution in [0.25, 0.3) is 0 Å². The Kier molecular flexibility index (Phi) is 2.24. The molecule has 0 saturated carbocycles. The lowest BCUT2D eigenvalue weighted by Gasteiger charge is -2.25. The molecule has 1 heterocycles. The Labute approximate surface area is 59.2 Å². The van der Waals surface area contributed by atoms with Crippen LogP contribution < -0.4 is 5.32 Å². The Morgan fingerprint density at radius 1 is 1.80 bits per heavy atom. The molecule has 2 atom stereocenters. The summed E-state index contributed by atoms with van der Waals surface area (Å²) in [6.45, 7) is 0. The number of ether oxygens (including phenoxy) is 1. The summed E-state index contributed by atoms with van der Waals surface area (Å²) in [6.07, 6.45) is -0.169. The third-order valence-electron chi connectivity index (χ3n) is 1.51. The fraction of sp³-hybridized carbons (Fsp3) is 0.833. The molecule has 1 aliphatic heterocycles. The molecule has 4 heteroatoms. The SMILES string of the molecule is COC1CC(O)CC(=O)N1. The number of hydrogen-bond donors (Lipinski definition) is 2. The van der Waals surface area contributed by atoms with E-state index in [9.17, 15) is 4.79 Å². The maximum atomic E-state index is 10.7. The van der Waals surface area contributed by atoms with Crippen LogP contribution in [-0.2, 0) is 9.53 Å². The molecule has 0 radical (unpaired) electrons. The number of carbonyl (C=O) groups excluding carboxylic acids is 1. The van der Waals surface area contributed by atoms with E-state index in [1.165, 1.54) is 7.11 Å². The van der Waals surface area contributed by atoms with Crippen LogP contribution in [-0.4, -0.2) is 30.5 Å². The Morgan fingerprint density at radius 3 is 3.00 bits per heavy atom. The molecular weight excluding hydrogens is 134 g/mol. The van der Waals surface area contributed by atoms with E-state index in [-0.39, 0.29) is 18.6 Å². The van der Waals surface area contributed by atoms with Crippen molar-refractivity contribution in [3.63, 3.8) is 0 Å². The van der Waals surface area contributed by atoms with E-state index >= 15 is 0 Å². The molecule has 1 aliphatic rings. The van der Waals surface area contributed by atoms with Gasteiger partial charge in [0.15, 0.2) is 0 Å². The van der Waals surface area contributed by atoms with Gasteiger partial charge in [0.1, 0.15) is 6.23 Å². The topological polar surface area (TPSA) is 58.6 Å². The van der Waals surface area contributed by atoms with Crippen LogP contribution in [0.15, 0.2) is 0 Å². The highest BCUT2D eigenvalue weighted by atomic mass is 16.5. The standard InChI is InChI=1S/C6H11NO3/c1-10-6-3-4(8)2-5(9)7-6/h4,6,8H,2-3H2,1H3,(H,7,9). The maximum Gasteiger partial charge on any atom is 0.224 e. The Morgan fingerprint density at radius 2 is 2.50 bits per heavy atom. The molecule has 0 aromatic carbocycles. The van der Waals surface area contributed by atoms with Crippen LogP contribution in [0.3, 0.4) is 0 Å². The van der Waals surface area contributed by atoms with Gasteiger partial charge in [0, 0.05) is 13.5 Å². The summed E-state index contributed by atoms with van der Waals surface area (Å²) >= 11 is 0. The number of nitrogens with one attached hydrogen (secondary N) is 1. The fourth-order valence-corrected chi connectivity index (χ4v) is 0.997. The number of amides is 1. The molecule has 2 N–H and O–H groups in total. The van der Waals surface area contributed by atoms with Gasteiger partial charge < -0.3 is 15.2 Å². The lowest BCUT2D eigenvalue weighted by atomic mass is 10.1. The zero-order valence-electron chi connectivity index (χ0n) is 5.83. The van der Waals surface area contributed by atoms with Gasteiger partial charge in [-0.25, -0.2) is 0 Å². The summed E-state index contributed by atoms with van der Waals surface area (Å²) in [5.74, 6) is -0.148. The number of aliphatic hydroxyl groups excluding tert-OH is 1. The van der Waals surface area contributed by atoms with Crippen molar-refractivity contribution in [2.24, 2.45) is 0 Å². The lowest BCUT2D eigenvalue weighted by molar-refractivity contribution is -0.132. The predicted molar refractivity (Wildman–Crippen MR) is 34.2 cm³/mol. The van der Waals surface area contributed by atoms with Gasteiger partial charge in [-0.15, -0.1) is 0 Å². The molecule has 0 aromatic rings. The molecule has 0 aliphatic carbocycles. The normalized spacial score (nSPS) is 33.6. The van der Waals surface area contributed by atoms with E-state index < -0.39 is 6.10 Å². The molecule has 58 valence electrons. The van der Waals surface area contributed by atoms with Gasteiger partial charge in [0.2, 0.25) is 5.91 Å². The maximum absolute atomic E-state index is 10.7. The molecule has 10 heavy (non-hydrogen) atoms. The Balaban J connectivity index is 2.42. The Hall–Kier alpha value is -0.610. The number of hydrogen-bond acceptors (Lipinski definition) is 3. The summed E-state index contributed by atoms with van der Waals surface area (Å²) in [5, 5.41) is 11.6. The highest BCUT2D eigenvalue weighted by Gasteiger charge is 2.24. The highest BCUT2D eigenvalue weighted by Crippen LogP contribution is 2.08. The smallest absolute Gasteiger partial charge is 0.224 e. The first kappa shape index (κ1) is 7.50. The second-order valence-corrected chi connectivity index (χ2v) is 2.39. The summed E-state index contributed by atoms with van der Waals surface area (Å²) in [7, 11) is 1.50. The molecular formula is C6H11NO3. The molecule has 2 unspecified atom stereocenters. The van der Waals surface area contributed by atoms with E-state index in [0.717, 1.165) is 0 Å². The minimum absolute atomic E-state index is 0.148. The Bertz CT molecular complexity index is 137. The molecule has 0 aromatic heterocycles. The van der Waals surface area contributed by atoms with E-state index in [4.69, 9.17) is 9.84 Å². The van der Waals surface area contributed by atoms with Crippen LogP contribution in [0.2, 0.25) is 0 Å². The molecule has 4 nitrogen and oxygen atoms in total. The first-order valence-corrected chi connectivity index (χ1v) is 3.22. The van der Waals surface area contributed by atoms with Crippen LogP contribution in [0.1, 0.15) is 12.8 Å². The van der Waals surface area contributed by atoms with E-state index in [1.54, 1.807) is 0 Å². The number of piperidine rings is 1. The van der Waals surface area contributed by atoms with Crippen molar-refractivity contribution >= 4 is 5.91 Å². The first-order valence-electron chi connectivity index (χ1n) is 3.22. The van der Waals surface area contributed by atoms with Crippen molar-refractivity contribution in [2.75, 3.05) is 7.11 Å². The van der Waals surface area contributed by atoms with Gasteiger partial charge in [-0.05, 0) is 0 Å². The predicted octanol–water partition coefficient (Wildman–Crippen LogP) is -0.770. The first-order chi connectivity index (χ1) is 4.72. The van der Waals surface area contributed by atoms with Gasteiger partial charge in [-0.3, -0.25) is 4.79 Å². The van der Waals surface area contributed by atoms with Crippen LogP contribution >= 0.6 is 0 Å². The van der Waals surface area contributed by atoms with Gasteiger partial charge in [-0.2, -0.15) is 0 Å². The van der Waals surface area contributed by atoms with Crippen molar-refractivity contribution in [1.82, 2.24) is 5.32 Å². The number of rotatable bonds is 1. The summed E-state index contributed by atoms with van der Waals surface area (Å²) in [4.78, 5) is 10.7. The van der Waals surface area contributed by atoms with Crippen LogP contribution in [0, 0.1) is 0 Å². The lowest BCUT2D eigenvalue weighted by Crippen LogP contribution is -2.45. The zero-order chi connectivity index (χ0) is 7.56. The second-order valence-electron chi connectivity index (χ2n) is 2.39. The largest absolute Gasteiger partial charge is 0.392 e. The minimum atomic E-state index is -0.543. The van der Waals surface area contributed by atoms with Gasteiger partial charge >= 0.3 is 0 Å². The van der Waals surface area contributed by atoms with Crippen LogP contribution in [0.5, 0.6) is 0 Å². The van der Waals surface area contributed by atoms with Gasteiger partial charge in [0.25, 0.3) is 0 Å². The third kappa shape index (κ3) is 1.68. The van der Waals surface area contributed by atoms with Crippen molar-refractivity contribution < 1.29 is 14.6 Å². The number of carbonyl (C=O) groups is 1. The van der Waals surface area contributed by atoms with Gasteiger partial charge in [0.05, 0.1) is 12.5 Å². The molecule has 1 fully saturated rings. The van der Waals surface area contributed by atoms with E-state index in [2.05, 4.69) is 5.32 Å². The highest BCUT2D eigenvalue weighted by molar-refractivity contribution is 5.77. The average Bonchev–Trinajstić information content (AvgIpc) is 1.85. The molecule has 1 amide bonds. The quantitative estimate of drug-likeness (QED) is 0.509. The van der Waals surface area contributed by atoms with Crippen molar-refractivity contribution in [2.45, 2.75) is 25.2 Å². The summed E-state index contributed by atoms with van der Waals surface area (Å²) < 4.78 is 4.84. The molecule has 0 bridgehead atoms. The zero-order valence-corrected chi connectivity index (χ0v) is 5.83. The molecule has 1 rings (SSSR count). The fourth-order valence-electron chi connectivity index (χ4n) is 0.997. The number of aliphatic hydroxyl groups is 1. The van der Waals surface area contributed by atoms with E-state index in [0.29, 0.717) is 6.42 Å². The van der Waals surface area contributed by atoms with Crippen molar-refractivity contribution in [3.05, 3.63) is 0 Å². The number of methoxy groups -OCH3 is 1. The van der Waals surface area contributed by atoms with Crippen LogP contribution in [0.4, 0.5) is 0 Å². The van der Waals surface area contributed by atoms with Crippen molar-refractivity contribution in [3.8, 4) is 0 Å². The summed E-state index contributed by atoms with van der Waals surface area (Å²) in [5.41, 5.74) is 0. The molecule has 1 saturated heterocycles. The third-order valence-corrected chi connectivity index (χ3v) is 1.51. The molecule has 0 spiro atoms. The second kappa shape index (κ2) is 2.98. The monoisotopic (exact) mass is 145 g/mol. The van der Waals surface area contributed by atoms with Crippen molar-refractivity contribution in [1.29, 1.82) is 0 Å².